The Kier molecular flexibility index (Phi) is 6.21. The summed E-state index contributed by atoms with van der Waals surface area (Å²) >= 11 is 0. The Morgan fingerprint density at radius 2 is 2.04 bits per heavy atom. The van der Waals surface area contributed by atoms with Gasteiger partial charge in [0.05, 0.1) is 39.2 Å². The van der Waals surface area contributed by atoms with Crippen LogP contribution in [0, 0.1) is 0 Å². The van der Waals surface area contributed by atoms with Crippen molar-refractivity contribution >= 4 is 5.91 Å². The summed E-state index contributed by atoms with van der Waals surface area (Å²) in [5.41, 5.74) is 1.51. The van der Waals surface area contributed by atoms with Gasteiger partial charge in [-0.2, -0.15) is 5.10 Å². The molecule has 1 aliphatic heterocycles. The van der Waals surface area contributed by atoms with Gasteiger partial charge < -0.3 is 24.0 Å². The second-order valence-electron chi connectivity index (χ2n) is 7.13. The fourth-order valence-electron chi connectivity index (χ4n) is 3.60. The summed E-state index contributed by atoms with van der Waals surface area (Å²) in [5.74, 6) is 1.06. The quantitative estimate of drug-likeness (QED) is 0.749. The topological polar surface area (TPSA) is 69.1 Å². The van der Waals surface area contributed by atoms with Crippen LogP contribution in [0.2, 0.25) is 0 Å². The normalized spacial score (nSPS) is 19.7. The van der Waals surface area contributed by atoms with Gasteiger partial charge in [0.15, 0.2) is 11.5 Å². The zero-order valence-electron chi connectivity index (χ0n) is 17.1. The average molecular weight is 388 g/mol. The van der Waals surface area contributed by atoms with Crippen molar-refractivity contribution < 1.29 is 19.0 Å². The van der Waals surface area contributed by atoms with E-state index in [4.69, 9.17) is 14.2 Å². The lowest BCUT2D eigenvalue weighted by atomic mass is 9.99. The van der Waals surface area contributed by atoms with Crippen LogP contribution in [0.5, 0.6) is 11.5 Å². The number of hydrogen-bond acceptors (Lipinski definition) is 6. The van der Waals surface area contributed by atoms with E-state index >= 15 is 0 Å². The number of aromatic nitrogens is 2. The lowest BCUT2D eigenvalue weighted by molar-refractivity contribution is -0.0684. The molecule has 28 heavy (non-hydrogen) atoms. The van der Waals surface area contributed by atoms with E-state index in [1.165, 1.54) is 0 Å². The van der Waals surface area contributed by atoms with E-state index in [2.05, 4.69) is 10.00 Å². The minimum Gasteiger partial charge on any atom is -0.493 e. The molecule has 8 heteroatoms. The van der Waals surface area contributed by atoms with Gasteiger partial charge in [0.25, 0.3) is 5.91 Å². The van der Waals surface area contributed by atoms with E-state index in [-0.39, 0.29) is 18.1 Å². The third-order valence-corrected chi connectivity index (χ3v) is 4.85. The van der Waals surface area contributed by atoms with Gasteiger partial charge in [0.2, 0.25) is 0 Å². The largest absolute Gasteiger partial charge is 0.493 e. The minimum absolute atomic E-state index is 0.0677. The predicted octanol–water partition coefficient (Wildman–Crippen LogP) is 1.58. The van der Waals surface area contributed by atoms with Gasteiger partial charge in [-0.05, 0) is 32.3 Å². The fraction of sp³-hybridized carbons (Fsp3) is 0.500. The van der Waals surface area contributed by atoms with Crippen LogP contribution in [0.25, 0.3) is 0 Å². The van der Waals surface area contributed by atoms with E-state index in [0.29, 0.717) is 36.8 Å². The summed E-state index contributed by atoms with van der Waals surface area (Å²) in [6, 6.07) is 5.02. The molecular weight excluding hydrogens is 360 g/mol. The first kappa shape index (κ1) is 20.2. The summed E-state index contributed by atoms with van der Waals surface area (Å²) in [4.78, 5) is 17.4. The summed E-state index contributed by atoms with van der Waals surface area (Å²) in [6.45, 7) is 1.71. The second-order valence-corrected chi connectivity index (χ2v) is 7.13. The van der Waals surface area contributed by atoms with Crippen LogP contribution in [0.1, 0.15) is 22.0 Å². The molecule has 0 aliphatic carbocycles. The molecule has 2 heterocycles. The molecule has 0 unspecified atom stereocenters. The van der Waals surface area contributed by atoms with Gasteiger partial charge in [-0.3, -0.25) is 9.48 Å². The number of rotatable bonds is 6. The van der Waals surface area contributed by atoms with Crippen LogP contribution < -0.4 is 9.47 Å². The number of hydrogen-bond donors (Lipinski definition) is 0. The number of benzene rings is 1. The SMILES string of the molecule is COc1ccc(C(=O)N2CCO[C@@H](CN(C)C)[C@@H]2c2cnn(C)c2)cc1OC. The molecule has 8 nitrogen and oxygen atoms in total. The van der Waals surface area contributed by atoms with Crippen molar-refractivity contribution in [3.05, 3.63) is 41.7 Å². The first-order valence-electron chi connectivity index (χ1n) is 9.22. The molecule has 0 bridgehead atoms. The molecule has 152 valence electrons. The molecule has 0 radical (unpaired) electrons. The molecule has 0 N–H and O–H groups in total. The van der Waals surface area contributed by atoms with Gasteiger partial charge in [-0.15, -0.1) is 0 Å². The maximum atomic E-state index is 13.4. The second kappa shape index (κ2) is 8.62. The van der Waals surface area contributed by atoms with E-state index in [0.717, 1.165) is 5.56 Å². The van der Waals surface area contributed by atoms with E-state index < -0.39 is 0 Å². The van der Waals surface area contributed by atoms with Crippen molar-refractivity contribution in [3.63, 3.8) is 0 Å². The molecule has 1 aromatic carbocycles. The lowest BCUT2D eigenvalue weighted by Gasteiger charge is -2.41. The van der Waals surface area contributed by atoms with Crippen LogP contribution in [-0.2, 0) is 11.8 Å². The molecule has 2 aromatic rings. The van der Waals surface area contributed by atoms with Gasteiger partial charge in [-0.1, -0.05) is 0 Å². The van der Waals surface area contributed by atoms with Gasteiger partial charge in [0, 0.05) is 37.5 Å². The van der Waals surface area contributed by atoms with E-state index in [9.17, 15) is 4.79 Å². The van der Waals surface area contributed by atoms with Crippen LogP contribution in [0.4, 0.5) is 0 Å². The Hall–Kier alpha value is -2.58. The Morgan fingerprint density at radius 3 is 2.64 bits per heavy atom. The number of nitrogens with zero attached hydrogens (tertiary/aromatic N) is 4. The molecule has 1 fully saturated rings. The first-order chi connectivity index (χ1) is 13.4. The Morgan fingerprint density at radius 1 is 1.29 bits per heavy atom. The lowest BCUT2D eigenvalue weighted by Crippen LogP contribution is -2.51. The average Bonchev–Trinajstić information content (AvgIpc) is 3.12. The maximum absolute atomic E-state index is 13.4. The molecule has 1 aliphatic rings. The molecular formula is C20H28N4O4. The van der Waals surface area contributed by atoms with E-state index in [1.807, 2.05) is 32.2 Å². The first-order valence-corrected chi connectivity index (χ1v) is 9.22. The number of methoxy groups -OCH3 is 2. The third-order valence-electron chi connectivity index (χ3n) is 4.85. The van der Waals surface area contributed by atoms with Crippen molar-refractivity contribution in [2.75, 3.05) is 48.0 Å². The van der Waals surface area contributed by atoms with Gasteiger partial charge in [0.1, 0.15) is 0 Å². The van der Waals surface area contributed by atoms with Crippen LogP contribution in [0.3, 0.4) is 0 Å². The third kappa shape index (κ3) is 4.13. The van der Waals surface area contributed by atoms with Crippen molar-refractivity contribution in [2.24, 2.45) is 7.05 Å². The zero-order chi connectivity index (χ0) is 20.3. The van der Waals surface area contributed by atoms with Gasteiger partial charge >= 0.3 is 0 Å². The number of amides is 1. The molecule has 0 spiro atoms. The molecule has 1 amide bonds. The highest BCUT2D eigenvalue weighted by atomic mass is 16.5. The molecule has 1 aromatic heterocycles. The Balaban J connectivity index is 1.96. The smallest absolute Gasteiger partial charge is 0.254 e. The van der Waals surface area contributed by atoms with Crippen molar-refractivity contribution in [2.45, 2.75) is 12.1 Å². The van der Waals surface area contributed by atoms with Crippen LogP contribution >= 0.6 is 0 Å². The Labute approximate surface area is 165 Å². The number of carbonyl (C=O) groups is 1. The molecule has 0 saturated carbocycles. The van der Waals surface area contributed by atoms with Crippen molar-refractivity contribution in [1.29, 1.82) is 0 Å². The monoisotopic (exact) mass is 388 g/mol. The number of ether oxygens (including phenoxy) is 3. The number of aryl methyl sites for hydroxylation is 1. The predicted molar refractivity (Wildman–Crippen MR) is 105 cm³/mol. The molecule has 2 atom stereocenters. The van der Waals surface area contributed by atoms with Crippen molar-refractivity contribution in [1.82, 2.24) is 19.6 Å². The van der Waals surface area contributed by atoms with E-state index in [1.54, 1.807) is 43.3 Å². The standard InChI is InChI=1S/C20H28N4O4/c1-22(2)13-18-19(15-11-21-23(3)12-15)24(8-9-28-18)20(25)14-6-7-16(26-4)17(10-14)27-5/h6-7,10-12,18-19H,8-9,13H2,1-5H3/t18-,19-/m0/s1. The number of morpholine rings is 1. The van der Waals surface area contributed by atoms with Crippen LogP contribution in [0.15, 0.2) is 30.6 Å². The summed E-state index contributed by atoms with van der Waals surface area (Å²) in [7, 11) is 9.00. The fourth-order valence-corrected chi connectivity index (χ4v) is 3.60. The summed E-state index contributed by atoms with van der Waals surface area (Å²) in [5, 5.41) is 4.30. The molecule has 3 rings (SSSR count). The minimum atomic E-state index is -0.217. The zero-order valence-corrected chi connectivity index (χ0v) is 17.1. The highest BCUT2D eigenvalue weighted by Gasteiger charge is 2.38. The van der Waals surface area contributed by atoms with Gasteiger partial charge in [-0.25, -0.2) is 0 Å². The Bertz CT molecular complexity index is 820. The maximum Gasteiger partial charge on any atom is 0.254 e. The van der Waals surface area contributed by atoms with Crippen molar-refractivity contribution in [3.8, 4) is 11.5 Å². The molecule has 1 saturated heterocycles. The highest BCUT2D eigenvalue weighted by molar-refractivity contribution is 5.95. The highest BCUT2D eigenvalue weighted by Crippen LogP contribution is 2.33. The summed E-state index contributed by atoms with van der Waals surface area (Å²) < 4.78 is 18.4. The number of likely N-dealkylation sites (N-methyl/N-ethyl adjacent to an activating group) is 1. The number of carbonyl (C=O) groups excluding carboxylic acids is 1. The van der Waals surface area contributed by atoms with Crippen LogP contribution in [-0.4, -0.2) is 79.6 Å². The summed E-state index contributed by atoms with van der Waals surface area (Å²) in [6.07, 6.45) is 3.60.